The summed E-state index contributed by atoms with van der Waals surface area (Å²) >= 11 is 5.75. The van der Waals surface area contributed by atoms with E-state index in [1.165, 1.54) is 12.1 Å². The minimum Gasteiger partial charge on any atom is -0.299 e. The number of fused-ring (bicyclic) bond motifs is 1. The topological polar surface area (TPSA) is 17.1 Å². The SMILES string of the molecule is O=C1Cc2cc(F)cc(Cl)c2C1. The summed E-state index contributed by atoms with van der Waals surface area (Å²) in [6.07, 6.45) is 0.682. The molecule has 0 fully saturated rings. The van der Waals surface area contributed by atoms with Gasteiger partial charge in [-0.05, 0) is 23.3 Å². The van der Waals surface area contributed by atoms with Crippen LogP contribution in [0.25, 0.3) is 0 Å². The average Bonchev–Trinajstić information content (AvgIpc) is 2.29. The first-order valence-corrected chi connectivity index (χ1v) is 4.03. The Morgan fingerprint density at radius 2 is 2.08 bits per heavy atom. The van der Waals surface area contributed by atoms with Gasteiger partial charge < -0.3 is 0 Å². The van der Waals surface area contributed by atoms with Gasteiger partial charge in [-0.2, -0.15) is 0 Å². The molecule has 1 aliphatic rings. The van der Waals surface area contributed by atoms with Gasteiger partial charge in [0.05, 0.1) is 0 Å². The molecule has 0 atom stereocenters. The van der Waals surface area contributed by atoms with Crippen LogP contribution in [0.5, 0.6) is 0 Å². The molecule has 1 nitrogen and oxygen atoms in total. The van der Waals surface area contributed by atoms with Crippen molar-refractivity contribution in [2.75, 3.05) is 0 Å². The molecule has 12 heavy (non-hydrogen) atoms. The van der Waals surface area contributed by atoms with Crippen LogP contribution in [0.2, 0.25) is 5.02 Å². The molecule has 0 N–H and O–H groups in total. The third kappa shape index (κ3) is 1.12. The van der Waals surface area contributed by atoms with E-state index in [0.29, 0.717) is 17.9 Å². The third-order valence-electron chi connectivity index (χ3n) is 2.01. The standard InChI is InChI=1S/C9H6ClFO/c10-9-3-6(11)1-5-2-7(12)4-8(5)9/h1,3H,2,4H2. The fourth-order valence-electron chi connectivity index (χ4n) is 1.48. The Labute approximate surface area is 74.2 Å². The monoisotopic (exact) mass is 184 g/mol. The van der Waals surface area contributed by atoms with Crippen molar-refractivity contribution in [3.05, 3.63) is 34.1 Å². The van der Waals surface area contributed by atoms with Gasteiger partial charge in [0.2, 0.25) is 0 Å². The highest BCUT2D eigenvalue weighted by molar-refractivity contribution is 6.31. The molecule has 0 spiro atoms. The van der Waals surface area contributed by atoms with Gasteiger partial charge in [0.15, 0.2) is 0 Å². The molecule has 0 unspecified atom stereocenters. The minimum absolute atomic E-state index is 0.109. The molecule has 3 heteroatoms. The number of ketones is 1. The second kappa shape index (κ2) is 2.56. The third-order valence-corrected chi connectivity index (χ3v) is 2.35. The molecule has 0 radical (unpaired) electrons. The van der Waals surface area contributed by atoms with E-state index in [0.717, 1.165) is 11.1 Å². The van der Waals surface area contributed by atoms with Crippen molar-refractivity contribution >= 4 is 17.4 Å². The molecular weight excluding hydrogens is 179 g/mol. The van der Waals surface area contributed by atoms with Gasteiger partial charge in [0, 0.05) is 17.9 Å². The number of hydrogen-bond acceptors (Lipinski definition) is 1. The zero-order valence-electron chi connectivity index (χ0n) is 6.23. The summed E-state index contributed by atoms with van der Waals surface area (Å²) in [4.78, 5) is 11.0. The number of rotatable bonds is 0. The summed E-state index contributed by atoms with van der Waals surface area (Å²) in [5.41, 5.74) is 1.54. The van der Waals surface area contributed by atoms with Crippen LogP contribution >= 0.6 is 11.6 Å². The van der Waals surface area contributed by atoms with Crippen LogP contribution < -0.4 is 0 Å². The Morgan fingerprint density at radius 3 is 2.83 bits per heavy atom. The van der Waals surface area contributed by atoms with E-state index in [1.807, 2.05) is 0 Å². The number of halogens is 2. The molecule has 0 heterocycles. The van der Waals surface area contributed by atoms with Crippen LogP contribution in [-0.2, 0) is 17.6 Å². The molecule has 1 aromatic carbocycles. The van der Waals surface area contributed by atoms with E-state index in [2.05, 4.69) is 0 Å². The van der Waals surface area contributed by atoms with Crippen LogP contribution in [0.4, 0.5) is 4.39 Å². The summed E-state index contributed by atoms with van der Waals surface area (Å²) in [5.74, 6) is -0.258. The molecule has 1 aromatic rings. The smallest absolute Gasteiger partial charge is 0.141 e. The molecule has 0 amide bonds. The summed E-state index contributed by atoms with van der Waals surface area (Å²) in [6.45, 7) is 0. The minimum atomic E-state index is -0.367. The maximum atomic E-state index is 12.8. The average molecular weight is 185 g/mol. The number of carbonyl (C=O) groups is 1. The lowest BCUT2D eigenvalue weighted by molar-refractivity contribution is -0.117. The van der Waals surface area contributed by atoms with E-state index in [4.69, 9.17) is 11.6 Å². The lowest BCUT2D eigenvalue weighted by Gasteiger charge is -1.99. The van der Waals surface area contributed by atoms with Crippen molar-refractivity contribution in [2.24, 2.45) is 0 Å². The van der Waals surface area contributed by atoms with Crippen LogP contribution in [0.1, 0.15) is 11.1 Å². The van der Waals surface area contributed by atoms with E-state index < -0.39 is 0 Å². The van der Waals surface area contributed by atoms with E-state index in [9.17, 15) is 9.18 Å². The lowest BCUT2D eigenvalue weighted by atomic mass is 10.1. The Bertz CT molecular complexity index is 360. The number of Topliss-reactive ketones (excluding diaryl/α,β-unsaturated/α-hetero) is 1. The van der Waals surface area contributed by atoms with E-state index >= 15 is 0 Å². The lowest BCUT2D eigenvalue weighted by Crippen LogP contribution is -1.92. The van der Waals surface area contributed by atoms with Crippen LogP contribution in [0.3, 0.4) is 0 Å². The normalized spacial score (nSPS) is 15.0. The van der Waals surface area contributed by atoms with Gasteiger partial charge in [-0.1, -0.05) is 11.6 Å². The molecular formula is C9H6ClFO. The fourth-order valence-corrected chi connectivity index (χ4v) is 1.78. The summed E-state index contributed by atoms with van der Waals surface area (Å²) in [5, 5.41) is 0.371. The molecule has 0 saturated heterocycles. The predicted molar refractivity (Wildman–Crippen MR) is 43.8 cm³/mol. The van der Waals surface area contributed by atoms with Crippen LogP contribution in [0.15, 0.2) is 12.1 Å². The largest absolute Gasteiger partial charge is 0.299 e. The summed E-state index contributed by atoms with van der Waals surface area (Å²) in [7, 11) is 0. The molecule has 0 aliphatic heterocycles. The van der Waals surface area contributed by atoms with Crippen molar-refractivity contribution in [2.45, 2.75) is 12.8 Å². The summed E-state index contributed by atoms with van der Waals surface area (Å²) < 4.78 is 12.8. The maximum Gasteiger partial charge on any atom is 0.141 e. The predicted octanol–water partition coefficient (Wildman–Crippen LogP) is 2.15. The Morgan fingerprint density at radius 1 is 1.33 bits per heavy atom. The second-order valence-corrected chi connectivity index (χ2v) is 3.32. The zero-order chi connectivity index (χ0) is 8.72. The first kappa shape index (κ1) is 7.74. The van der Waals surface area contributed by atoms with Gasteiger partial charge in [-0.15, -0.1) is 0 Å². The maximum absolute atomic E-state index is 12.8. The number of benzene rings is 1. The van der Waals surface area contributed by atoms with Gasteiger partial charge in [-0.3, -0.25) is 4.79 Å². The van der Waals surface area contributed by atoms with Crippen molar-refractivity contribution in [3.63, 3.8) is 0 Å². The van der Waals surface area contributed by atoms with Crippen molar-refractivity contribution < 1.29 is 9.18 Å². The molecule has 0 aromatic heterocycles. The van der Waals surface area contributed by atoms with Gasteiger partial charge >= 0.3 is 0 Å². The Kier molecular flexibility index (Phi) is 1.65. The van der Waals surface area contributed by atoms with Crippen molar-refractivity contribution in [3.8, 4) is 0 Å². The van der Waals surface area contributed by atoms with Crippen LogP contribution in [-0.4, -0.2) is 5.78 Å². The quantitative estimate of drug-likeness (QED) is 0.604. The highest BCUT2D eigenvalue weighted by atomic mass is 35.5. The van der Waals surface area contributed by atoms with Gasteiger partial charge in [0.1, 0.15) is 11.6 Å². The summed E-state index contributed by atoms with van der Waals surface area (Å²) in [6, 6.07) is 2.63. The van der Waals surface area contributed by atoms with Crippen LogP contribution in [0, 0.1) is 5.82 Å². The molecule has 62 valence electrons. The number of hydrogen-bond donors (Lipinski definition) is 0. The molecule has 1 aliphatic carbocycles. The second-order valence-electron chi connectivity index (χ2n) is 2.92. The van der Waals surface area contributed by atoms with Gasteiger partial charge in [-0.25, -0.2) is 4.39 Å². The van der Waals surface area contributed by atoms with Crippen molar-refractivity contribution in [1.29, 1.82) is 0 Å². The highest BCUT2D eigenvalue weighted by Crippen LogP contribution is 2.27. The molecule has 0 bridgehead atoms. The molecule has 0 saturated carbocycles. The van der Waals surface area contributed by atoms with E-state index in [1.54, 1.807) is 0 Å². The van der Waals surface area contributed by atoms with E-state index in [-0.39, 0.29) is 11.6 Å². The van der Waals surface area contributed by atoms with Crippen molar-refractivity contribution in [1.82, 2.24) is 0 Å². The highest BCUT2D eigenvalue weighted by Gasteiger charge is 2.21. The molecule has 2 rings (SSSR count). The first-order chi connectivity index (χ1) is 5.66. The fraction of sp³-hybridized carbons (Fsp3) is 0.222. The Hall–Kier alpha value is -0.890. The Balaban J connectivity index is 2.59. The zero-order valence-corrected chi connectivity index (χ0v) is 6.99. The number of carbonyl (C=O) groups excluding carboxylic acids is 1. The van der Waals surface area contributed by atoms with Gasteiger partial charge in [0.25, 0.3) is 0 Å². The first-order valence-electron chi connectivity index (χ1n) is 3.65.